The van der Waals surface area contributed by atoms with E-state index < -0.39 is 0 Å². The zero-order chi connectivity index (χ0) is 12.4. The molecule has 0 aliphatic carbocycles. The summed E-state index contributed by atoms with van der Waals surface area (Å²) in [6.07, 6.45) is 0.204. The molecule has 0 radical (unpaired) electrons. The Morgan fingerprint density at radius 2 is 2.33 bits per heavy atom. The summed E-state index contributed by atoms with van der Waals surface area (Å²) in [5.41, 5.74) is 5.38. The van der Waals surface area contributed by atoms with Gasteiger partial charge in [-0.2, -0.15) is 0 Å². The van der Waals surface area contributed by atoms with E-state index in [0.29, 0.717) is 18.1 Å². The largest absolute Gasteiger partial charge is 0.360 e. The normalized spacial score (nSPS) is 19.2. The highest BCUT2D eigenvalue weighted by Gasteiger charge is 2.40. The fourth-order valence-electron chi connectivity index (χ4n) is 1.64. The first-order valence-corrected chi connectivity index (χ1v) is 6.30. The summed E-state index contributed by atoms with van der Waals surface area (Å²) in [6.45, 7) is 2.20. The topological polar surface area (TPSA) is 89.4 Å². The Morgan fingerprint density at radius 3 is 2.89 bits per heavy atom. The minimum atomic E-state index is -0.344. The Labute approximate surface area is 115 Å². The van der Waals surface area contributed by atoms with Gasteiger partial charge in [-0.3, -0.25) is 9.59 Å². The lowest BCUT2D eigenvalue weighted by atomic mass is 10.4. The minimum absolute atomic E-state index is 0. The summed E-state index contributed by atoms with van der Waals surface area (Å²) in [5, 5.41) is 3.34. The molecule has 18 heavy (non-hydrogen) atoms. The van der Waals surface area contributed by atoms with E-state index in [4.69, 9.17) is 10.3 Å². The SMILES string of the molecule is Cc1cc(N2C(=O)CC(SCCN)C2=O)no1.Cl. The first-order chi connectivity index (χ1) is 8.13. The molecular weight excluding hydrogens is 278 g/mol. The van der Waals surface area contributed by atoms with Gasteiger partial charge in [0.2, 0.25) is 11.8 Å². The number of thioether (sulfide) groups is 1. The smallest absolute Gasteiger partial charge is 0.248 e. The van der Waals surface area contributed by atoms with Gasteiger partial charge in [-0.05, 0) is 6.92 Å². The zero-order valence-electron chi connectivity index (χ0n) is 9.79. The molecule has 2 rings (SSSR count). The molecule has 1 aliphatic heterocycles. The van der Waals surface area contributed by atoms with Gasteiger partial charge in [-0.15, -0.1) is 24.2 Å². The maximum Gasteiger partial charge on any atom is 0.248 e. The number of nitrogens with zero attached hydrogens (tertiary/aromatic N) is 2. The monoisotopic (exact) mass is 291 g/mol. The van der Waals surface area contributed by atoms with Gasteiger partial charge in [0.1, 0.15) is 5.76 Å². The van der Waals surface area contributed by atoms with Crippen molar-refractivity contribution < 1.29 is 14.1 Å². The van der Waals surface area contributed by atoms with Crippen molar-refractivity contribution in [1.82, 2.24) is 5.16 Å². The lowest BCUT2D eigenvalue weighted by Crippen LogP contribution is -2.31. The van der Waals surface area contributed by atoms with Gasteiger partial charge >= 0.3 is 0 Å². The molecule has 100 valence electrons. The molecule has 1 unspecified atom stereocenters. The quantitative estimate of drug-likeness (QED) is 0.823. The van der Waals surface area contributed by atoms with Gasteiger partial charge in [0.25, 0.3) is 0 Å². The van der Waals surface area contributed by atoms with Crippen molar-refractivity contribution in [3.63, 3.8) is 0 Å². The van der Waals surface area contributed by atoms with E-state index in [1.54, 1.807) is 13.0 Å². The molecule has 1 aliphatic rings. The van der Waals surface area contributed by atoms with Crippen LogP contribution >= 0.6 is 24.2 Å². The van der Waals surface area contributed by atoms with Crippen LogP contribution in [0.2, 0.25) is 0 Å². The number of amides is 2. The molecule has 1 saturated heterocycles. The number of hydrogen-bond donors (Lipinski definition) is 1. The van der Waals surface area contributed by atoms with E-state index in [1.807, 2.05) is 0 Å². The van der Waals surface area contributed by atoms with Gasteiger partial charge in [-0.25, -0.2) is 4.90 Å². The summed E-state index contributed by atoms with van der Waals surface area (Å²) < 4.78 is 4.87. The number of anilines is 1. The Balaban J connectivity index is 0.00000162. The van der Waals surface area contributed by atoms with Crippen molar-refractivity contribution >= 4 is 41.8 Å². The number of halogens is 1. The van der Waals surface area contributed by atoms with Crippen LogP contribution in [0.4, 0.5) is 5.82 Å². The summed E-state index contributed by atoms with van der Waals surface area (Å²) in [4.78, 5) is 24.8. The lowest BCUT2D eigenvalue weighted by Gasteiger charge is -2.10. The standard InChI is InChI=1S/C10H13N3O3S.ClH/c1-6-4-8(12-16-6)13-9(14)5-7(10(13)15)17-3-2-11;/h4,7H,2-3,5,11H2,1H3;1H. The van der Waals surface area contributed by atoms with Crippen molar-refractivity contribution in [3.05, 3.63) is 11.8 Å². The van der Waals surface area contributed by atoms with E-state index in [9.17, 15) is 9.59 Å². The Hall–Kier alpha value is -1.05. The summed E-state index contributed by atoms with van der Waals surface area (Å²) in [5.74, 6) is 1.03. The van der Waals surface area contributed by atoms with Crippen LogP contribution < -0.4 is 10.6 Å². The van der Waals surface area contributed by atoms with Crippen LogP contribution in [-0.4, -0.2) is 34.5 Å². The number of hydrogen-bond acceptors (Lipinski definition) is 6. The highest BCUT2D eigenvalue weighted by Crippen LogP contribution is 2.28. The molecule has 8 heteroatoms. The van der Waals surface area contributed by atoms with E-state index in [2.05, 4.69) is 5.16 Å². The number of aromatic nitrogens is 1. The molecular formula is C10H14ClN3O3S. The van der Waals surface area contributed by atoms with Gasteiger partial charge in [0.05, 0.1) is 5.25 Å². The van der Waals surface area contributed by atoms with E-state index in [1.165, 1.54) is 11.8 Å². The molecule has 1 fully saturated rings. The van der Waals surface area contributed by atoms with Crippen LogP contribution in [-0.2, 0) is 9.59 Å². The third kappa shape index (κ3) is 2.85. The lowest BCUT2D eigenvalue weighted by molar-refractivity contribution is -0.121. The van der Waals surface area contributed by atoms with Gasteiger partial charge < -0.3 is 10.3 Å². The van der Waals surface area contributed by atoms with Crippen molar-refractivity contribution in [2.75, 3.05) is 17.2 Å². The number of rotatable bonds is 4. The van der Waals surface area contributed by atoms with Crippen molar-refractivity contribution in [2.45, 2.75) is 18.6 Å². The molecule has 0 aromatic carbocycles. The first-order valence-electron chi connectivity index (χ1n) is 5.25. The molecule has 6 nitrogen and oxygen atoms in total. The van der Waals surface area contributed by atoms with Crippen LogP contribution in [0.25, 0.3) is 0 Å². The van der Waals surface area contributed by atoms with E-state index in [0.717, 1.165) is 4.90 Å². The Bertz CT molecular complexity index is 451. The van der Waals surface area contributed by atoms with Gasteiger partial charge in [-0.1, -0.05) is 5.16 Å². The van der Waals surface area contributed by atoms with Crippen molar-refractivity contribution in [1.29, 1.82) is 0 Å². The molecule has 0 spiro atoms. The van der Waals surface area contributed by atoms with Gasteiger partial charge in [0.15, 0.2) is 5.82 Å². The van der Waals surface area contributed by atoms with Crippen LogP contribution in [0, 0.1) is 6.92 Å². The third-order valence-electron chi connectivity index (χ3n) is 2.39. The average molecular weight is 292 g/mol. The zero-order valence-corrected chi connectivity index (χ0v) is 11.4. The molecule has 2 amide bonds. The van der Waals surface area contributed by atoms with Crippen LogP contribution in [0.15, 0.2) is 10.6 Å². The van der Waals surface area contributed by atoms with Crippen molar-refractivity contribution in [3.8, 4) is 0 Å². The maximum atomic E-state index is 12.0. The molecule has 0 saturated carbocycles. The van der Waals surface area contributed by atoms with Crippen LogP contribution in [0.1, 0.15) is 12.2 Å². The minimum Gasteiger partial charge on any atom is -0.360 e. The molecule has 1 aromatic rings. The second-order valence-electron chi connectivity index (χ2n) is 3.72. The molecule has 2 heterocycles. The van der Waals surface area contributed by atoms with Crippen molar-refractivity contribution in [2.24, 2.45) is 5.73 Å². The number of carbonyl (C=O) groups excluding carboxylic acids is 2. The highest BCUT2D eigenvalue weighted by atomic mass is 35.5. The fourth-order valence-corrected chi connectivity index (χ4v) is 2.57. The number of imide groups is 1. The second-order valence-corrected chi connectivity index (χ2v) is 5.03. The predicted molar refractivity (Wildman–Crippen MR) is 70.9 cm³/mol. The Morgan fingerprint density at radius 1 is 1.61 bits per heavy atom. The van der Waals surface area contributed by atoms with E-state index >= 15 is 0 Å². The predicted octanol–water partition coefficient (Wildman–Crippen LogP) is 0.729. The second kappa shape index (κ2) is 6.21. The molecule has 1 atom stereocenters. The number of nitrogens with two attached hydrogens (primary N) is 1. The highest BCUT2D eigenvalue weighted by molar-refractivity contribution is 8.00. The average Bonchev–Trinajstić information content (AvgIpc) is 2.81. The number of carbonyl (C=O) groups is 2. The molecule has 0 bridgehead atoms. The number of aryl methyl sites for hydroxylation is 1. The third-order valence-corrected chi connectivity index (χ3v) is 3.63. The Kier molecular flexibility index (Phi) is 5.18. The molecule has 2 N–H and O–H groups in total. The maximum absolute atomic E-state index is 12.0. The fraction of sp³-hybridized carbons (Fsp3) is 0.500. The first kappa shape index (κ1) is 15.0. The summed E-state index contributed by atoms with van der Waals surface area (Å²) in [7, 11) is 0. The molecule has 1 aromatic heterocycles. The van der Waals surface area contributed by atoms with Crippen LogP contribution in [0.5, 0.6) is 0 Å². The summed E-state index contributed by atoms with van der Waals surface area (Å²) in [6, 6.07) is 1.58. The van der Waals surface area contributed by atoms with Crippen LogP contribution in [0.3, 0.4) is 0 Å². The summed E-state index contributed by atoms with van der Waals surface area (Å²) >= 11 is 1.41. The van der Waals surface area contributed by atoms with E-state index in [-0.39, 0.29) is 41.7 Å². The van der Waals surface area contributed by atoms with Gasteiger partial charge in [0, 0.05) is 24.8 Å².